The molecule has 1 aromatic heterocycles. The van der Waals surface area contributed by atoms with E-state index in [1.807, 2.05) is 0 Å². The van der Waals surface area contributed by atoms with Crippen molar-refractivity contribution in [2.24, 2.45) is 0 Å². The lowest BCUT2D eigenvalue weighted by atomic mass is 10.1. The summed E-state index contributed by atoms with van der Waals surface area (Å²) in [6, 6.07) is 13.4. The normalized spacial score (nSPS) is 12.0. The standard InChI is InChI=1S/C21H15ClFNO4S/c1-12-16(11-21(25)26)17-10-13(23)8-9-19(17)24(12)29(27,28)20-7-3-4-14-15(20)5-2-6-18(14)22/h2-10H,11H2,1H3,(H,25,26). The van der Waals surface area contributed by atoms with Gasteiger partial charge in [0.15, 0.2) is 0 Å². The third kappa shape index (κ3) is 3.07. The number of carboxylic acids is 1. The average Bonchev–Trinajstić information content (AvgIpc) is 2.93. The Morgan fingerprint density at radius 2 is 1.76 bits per heavy atom. The Morgan fingerprint density at radius 3 is 2.48 bits per heavy atom. The van der Waals surface area contributed by atoms with Gasteiger partial charge in [-0.15, -0.1) is 0 Å². The number of aromatic nitrogens is 1. The van der Waals surface area contributed by atoms with Gasteiger partial charge in [0.2, 0.25) is 0 Å². The summed E-state index contributed by atoms with van der Waals surface area (Å²) in [4.78, 5) is 11.4. The van der Waals surface area contributed by atoms with E-state index in [-0.39, 0.29) is 27.1 Å². The van der Waals surface area contributed by atoms with Crippen molar-refractivity contribution in [1.29, 1.82) is 0 Å². The lowest BCUT2D eigenvalue weighted by Crippen LogP contribution is -2.15. The van der Waals surface area contributed by atoms with Crippen LogP contribution in [0.2, 0.25) is 5.02 Å². The minimum absolute atomic E-state index is 0.0312. The molecule has 0 aliphatic rings. The highest BCUT2D eigenvalue weighted by Crippen LogP contribution is 2.34. The van der Waals surface area contributed by atoms with Crippen LogP contribution in [0.15, 0.2) is 59.5 Å². The monoisotopic (exact) mass is 431 g/mol. The molecule has 0 fully saturated rings. The van der Waals surface area contributed by atoms with Gasteiger partial charge in [-0.05, 0) is 42.8 Å². The van der Waals surface area contributed by atoms with E-state index < -0.39 is 28.2 Å². The lowest BCUT2D eigenvalue weighted by Gasteiger charge is -2.13. The minimum atomic E-state index is -4.12. The van der Waals surface area contributed by atoms with Gasteiger partial charge in [0.1, 0.15) is 5.82 Å². The third-order valence-electron chi connectivity index (χ3n) is 4.92. The molecule has 29 heavy (non-hydrogen) atoms. The Morgan fingerprint density at radius 1 is 1.07 bits per heavy atom. The van der Waals surface area contributed by atoms with Crippen LogP contribution in [-0.2, 0) is 21.2 Å². The number of carboxylic acid groups (broad SMARTS) is 1. The van der Waals surface area contributed by atoms with Crippen molar-refractivity contribution >= 4 is 49.3 Å². The molecule has 0 saturated heterocycles. The highest BCUT2D eigenvalue weighted by molar-refractivity contribution is 7.90. The quantitative estimate of drug-likeness (QED) is 0.505. The first-order valence-corrected chi connectivity index (χ1v) is 10.5. The second kappa shape index (κ2) is 6.86. The first kappa shape index (κ1) is 19.4. The highest BCUT2D eigenvalue weighted by atomic mass is 35.5. The number of aliphatic carboxylic acids is 1. The van der Waals surface area contributed by atoms with E-state index >= 15 is 0 Å². The summed E-state index contributed by atoms with van der Waals surface area (Å²) >= 11 is 6.22. The molecule has 0 radical (unpaired) electrons. The molecule has 148 valence electrons. The molecule has 0 atom stereocenters. The van der Waals surface area contributed by atoms with Crippen LogP contribution in [0.1, 0.15) is 11.3 Å². The van der Waals surface area contributed by atoms with Crippen molar-refractivity contribution in [3.63, 3.8) is 0 Å². The van der Waals surface area contributed by atoms with E-state index in [1.54, 1.807) is 30.3 Å². The smallest absolute Gasteiger partial charge is 0.307 e. The molecule has 5 nitrogen and oxygen atoms in total. The summed E-state index contributed by atoms with van der Waals surface area (Å²) in [5.74, 6) is -1.71. The molecule has 0 saturated carbocycles. The van der Waals surface area contributed by atoms with Crippen molar-refractivity contribution in [3.8, 4) is 0 Å². The highest BCUT2D eigenvalue weighted by Gasteiger charge is 2.27. The molecule has 0 spiro atoms. The zero-order valence-electron chi connectivity index (χ0n) is 15.2. The van der Waals surface area contributed by atoms with Gasteiger partial charge in [0, 0.05) is 26.9 Å². The topological polar surface area (TPSA) is 76.4 Å². The second-order valence-electron chi connectivity index (χ2n) is 6.66. The van der Waals surface area contributed by atoms with E-state index in [9.17, 15) is 22.7 Å². The largest absolute Gasteiger partial charge is 0.481 e. The maximum Gasteiger partial charge on any atom is 0.307 e. The summed E-state index contributed by atoms with van der Waals surface area (Å²) in [5.41, 5.74) is 0.708. The Balaban J connectivity index is 2.09. The summed E-state index contributed by atoms with van der Waals surface area (Å²) in [6.45, 7) is 1.52. The molecular formula is C21H15ClFNO4S. The summed E-state index contributed by atoms with van der Waals surface area (Å²) in [7, 11) is -4.12. The Labute approximate surface area is 171 Å². The maximum absolute atomic E-state index is 13.8. The van der Waals surface area contributed by atoms with Crippen LogP contribution in [0.25, 0.3) is 21.7 Å². The third-order valence-corrected chi connectivity index (χ3v) is 7.11. The molecule has 0 amide bonds. The number of halogens is 2. The molecule has 0 unspecified atom stereocenters. The van der Waals surface area contributed by atoms with Crippen LogP contribution in [0.5, 0.6) is 0 Å². The van der Waals surface area contributed by atoms with Gasteiger partial charge in [0.25, 0.3) is 10.0 Å². The van der Waals surface area contributed by atoms with E-state index in [4.69, 9.17) is 11.6 Å². The maximum atomic E-state index is 13.8. The molecule has 1 heterocycles. The number of hydrogen-bond acceptors (Lipinski definition) is 3. The van der Waals surface area contributed by atoms with E-state index in [0.717, 1.165) is 16.1 Å². The lowest BCUT2D eigenvalue weighted by molar-refractivity contribution is -0.136. The van der Waals surface area contributed by atoms with Crippen molar-refractivity contribution in [2.75, 3.05) is 0 Å². The predicted octanol–water partition coefficient (Wildman–Crippen LogP) is 4.76. The van der Waals surface area contributed by atoms with Gasteiger partial charge >= 0.3 is 5.97 Å². The molecule has 0 aliphatic heterocycles. The van der Waals surface area contributed by atoms with Gasteiger partial charge in [-0.2, -0.15) is 0 Å². The molecule has 0 bridgehead atoms. The second-order valence-corrected chi connectivity index (χ2v) is 8.82. The molecular weight excluding hydrogens is 417 g/mol. The molecule has 4 rings (SSSR count). The Hall–Kier alpha value is -2.90. The van der Waals surface area contributed by atoms with Gasteiger partial charge in [-0.1, -0.05) is 35.9 Å². The fourth-order valence-corrected chi connectivity index (χ4v) is 5.70. The summed E-state index contributed by atoms with van der Waals surface area (Å²) in [6.07, 6.45) is -0.421. The zero-order valence-corrected chi connectivity index (χ0v) is 16.8. The van der Waals surface area contributed by atoms with Gasteiger partial charge < -0.3 is 5.11 Å². The van der Waals surface area contributed by atoms with Crippen LogP contribution in [-0.4, -0.2) is 23.5 Å². The van der Waals surface area contributed by atoms with Crippen LogP contribution >= 0.6 is 11.6 Å². The number of hydrogen-bond donors (Lipinski definition) is 1. The first-order chi connectivity index (χ1) is 13.7. The van der Waals surface area contributed by atoms with Crippen molar-refractivity contribution in [3.05, 3.63) is 76.7 Å². The molecule has 8 heteroatoms. The predicted molar refractivity (Wildman–Crippen MR) is 110 cm³/mol. The van der Waals surface area contributed by atoms with Gasteiger partial charge in [0.05, 0.1) is 16.8 Å². The van der Waals surface area contributed by atoms with Gasteiger partial charge in [-0.3, -0.25) is 4.79 Å². The van der Waals surface area contributed by atoms with E-state index in [2.05, 4.69) is 0 Å². The SMILES string of the molecule is Cc1c(CC(=O)O)c2cc(F)ccc2n1S(=O)(=O)c1cccc2c(Cl)cccc12. The number of fused-ring (bicyclic) bond motifs is 2. The van der Waals surface area contributed by atoms with E-state index in [1.165, 1.54) is 19.1 Å². The number of rotatable bonds is 4. The molecule has 4 aromatic rings. The van der Waals surface area contributed by atoms with Gasteiger partial charge in [-0.25, -0.2) is 16.8 Å². The fraction of sp³-hybridized carbons (Fsp3) is 0.0952. The van der Waals surface area contributed by atoms with Crippen molar-refractivity contribution < 1.29 is 22.7 Å². The van der Waals surface area contributed by atoms with Crippen molar-refractivity contribution in [2.45, 2.75) is 18.2 Å². The first-order valence-electron chi connectivity index (χ1n) is 8.66. The van der Waals surface area contributed by atoms with Crippen LogP contribution in [0.4, 0.5) is 4.39 Å². The average molecular weight is 432 g/mol. The molecule has 3 aromatic carbocycles. The number of benzene rings is 3. The Bertz CT molecular complexity index is 1410. The van der Waals surface area contributed by atoms with E-state index in [0.29, 0.717) is 15.8 Å². The van der Waals surface area contributed by atoms with Crippen molar-refractivity contribution in [1.82, 2.24) is 3.97 Å². The fourth-order valence-electron chi connectivity index (χ4n) is 3.68. The molecule has 1 N–H and O–H groups in total. The minimum Gasteiger partial charge on any atom is -0.481 e. The van der Waals surface area contributed by atoms with Crippen LogP contribution < -0.4 is 0 Å². The van der Waals surface area contributed by atoms with Crippen LogP contribution in [0.3, 0.4) is 0 Å². The zero-order chi connectivity index (χ0) is 20.9. The summed E-state index contributed by atoms with van der Waals surface area (Å²) < 4.78 is 42.2. The molecule has 0 aliphatic carbocycles. The number of nitrogens with zero attached hydrogens (tertiary/aromatic N) is 1. The number of carbonyl (C=O) groups is 1. The Kier molecular flexibility index (Phi) is 4.59. The summed E-state index contributed by atoms with van der Waals surface area (Å²) in [5, 5.41) is 11.0. The van der Waals surface area contributed by atoms with Crippen LogP contribution in [0, 0.1) is 12.7 Å².